The highest BCUT2D eigenvalue weighted by Crippen LogP contribution is 2.57. The molecule has 0 aromatic heterocycles. The van der Waals surface area contributed by atoms with E-state index in [1.54, 1.807) is 24.8 Å². The molecule has 6 atom stereocenters. The summed E-state index contributed by atoms with van der Waals surface area (Å²) in [6, 6.07) is -1.62. The highest BCUT2D eigenvalue weighted by Gasteiger charge is 2.75. The third-order valence-corrected chi connectivity index (χ3v) is 6.85. The summed E-state index contributed by atoms with van der Waals surface area (Å²) in [6.07, 6.45) is 7.94. The van der Waals surface area contributed by atoms with Crippen LogP contribution in [-0.2, 0) is 23.9 Å². The number of esters is 1. The molecule has 8 heteroatoms. The lowest BCUT2D eigenvalue weighted by Crippen LogP contribution is -2.59. The van der Waals surface area contributed by atoms with Crippen LogP contribution in [0.3, 0.4) is 0 Å². The van der Waals surface area contributed by atoms with Crippen molar-refractivity contribution in [1.29, 1.82) is 0 Å². The number of rotatable bonds is 3. The zero-order valence-electron chi connectivity index (χ0n) is 17.9. The van der Waals surface area contributed by atoms with Gasteiger partial charge in [0.25, 0.3) is 0 Å². The van der Waals surface area contributed by atoms with E-state index in [0.717, 1.165) is 0 Å². The molecule has 4 rings (SSSR count). The lowest BCUT2D eigenvalue weighted by molar-refractivity contribution is -0.162. The molecule has 0 aromatic carbocycles. The SMILES string of the molecule is CC(C)N1CC=C[C@]23O[C@@]4(C)C=CCCOC(=O)[C@H]4[C@H]2C(=O)N([C@H](C)CO)C3C1=O. The van der Waals surface area contributed by atoms with Gasteiger partial charge in [0.2, 0.25) is 11.8 Å². The first-order valence-electron chi connectivity index (χ1n) is 10.6. The minimum absolute atomic E-state index is 0.0757. The quantitative estimate of drug-likeness (QED) is 0.534. The predicted molar refractivity (Wildman–Crippen MR) is 107 cm³/mol. The van der Waals surface area contributed by atoms with Crippen molar-refractivity contribution < 1.29 is 29.0 Å². The van der Waals surface area contributed by atoms with Crippen molar-refractivity contribution in [3.05, 3.63) is 24.3 Å². The number of hydrogen-bond acceptors (Lipinski definition) is 6. The van der Waals surface area contributed by atoms with Crippen LogP contribution < -0.4 is 0 Å². The Morgan fingerprint density at radius 3 is 2.53 bits per heavy atom. The first-order chi connectivity index (χ1) is 14.2. The molecule has 1 spiro atoms. The molecule has 164 valence electrons. The summed E-state index contributed by atoms with van der Waals surface area (Å²) in [5, 5.41) is 9.83. The Hall–Kier alpha value is -2.19. The number of ether oxygens (including phenoxy) is 2. The average molecular weight is 418 g/mol. The first-order valence-corrected chi connectivity index (χ1v) is 10.6. The van der Waals surface area contributed by atoms with E-state index in [1.807, 2.05) is 32.1 Å². The van der Waals surface area contributed by atoms with Crippen molar-refractivity contribution in [3.63, 3.8) is 0 Å². The normalized spacial score (nSPS) is 39.3. The summed E-state index contributed by atoms with van der Waals surface area (Å²) < 4.78 is 12.0. The van der Waals surface area contributed by atoms with Gasteiger partial charge in [0.1, 0.15) is 17.6 Å². The van der Waals surface area contributed by atoms with E-state index in [2.05, 4.69) is 0 Å². The molecular weight excluding hydrogens is 388 g/mol. The van der Waals surface area contributed by atoms with Crippen LogP contribution in [-0.4, -0.2) is 81.8 Å². The lowest BCUT2D eigenvalue weighted by atomic mass is 9.74. The van der Waals surface area contributed by atoms with E-state index in [9.17, 15) is 19.5 Å². The molecule has 2 amide bonds. The molecule has 1 unspecified atom stereocenters. The fourth-order valence-corrected chi connectivity index (χ4v) is 5.47. The van der Waals surface area contributed by atoms with Gasteiger partial charge in [0, 0.05) is 12.6 Å². The molecule has 8 nitrogen and oxygen atoms in total. The fourth-order valence-electron chi connectivity index (χ4n) is 5.47. The Kier molecular flexibility index (Phi) is 5.05. The van der Waals surface area contributed by atoms with Crippen LogP contribution in [0, 0.1) is 11.8 Å². The van der Waals surface area contributed by atoms with Gasteiger partial charge in [0.05, 0.1) is 30.8 Å². The molecule has 30 heavy (non-hydrogen) atoms. The first kappa shape index (κ1) is 21.1. The molecule has 4 heterocycles. The van der Waals surface area contributed by atoms with Gasteiger partial charge in [0.15, 0.2) is 0 Å². The second kappa shape index (κ2) is 7.20. The molecule has 0 saturated carbocycles. The number of amides is 2. The van der Waals surface area contributed by atoms with Crippen molar-refractivity contribution in [2.75, 3.05) is 19.8 Å². The number of nitrogens with zero attached hydrogens (tertiary/aromatic N) is 2. The van der Waals surface area contributed by atoms with E-state index in [4.69, 9.17) is 9.47 Å². The van der Waals surface area contributed by atoms with Crippen LogP contribution >= 0.6 is 0 Å². The summed E-state index contributed by atoms with van der Waals surface area (Å²) >= 11 is 0. The van der Waals surface area contributed by atoms with Crippen LogP contribution in [0.1, 0.15) is 34.1 Å². The van der Waals surface area contributed by atoms with E-state index in [1.165, 1.54) is 4.90 Å². The van der Waals surface area contributed by atoms with Gasteiger partial charge in [-0.2, -0.15) is 0 Å². The largest absolute Gasteiger partial charge is 0.465 e. The predicted octanol–water partition coefficient (Wildman–Crippen LogP) is 0.648. The number of fused-ring (bicyclic) bond motifs is 2. The number of likely N-dealkylation sites (tertiary alicyclic amines) is 1. The zero-order chi connectivity index (χ0) is 21.8. The van der Waals surface area contributed by atoms with E-state index < -0.39 is 41.1 Å². The average Bonchev–Trinajstić information content (AvgIpc) is 3.00. The monoisotopic (exact) mass is 418 g/mol. The van der Waals surface area contributed by atoms with Gasteiger partial charge in [-0.05, 0) is 34.1 Å². The summed E-state index contributed by atoms with van der Waals surface area (Å²) in [7, 11) is 0. The molecule has 0 radical (unpaired) electrons. The third kappa shape index (κ3) is 2.76. The minimum Gasteiger partial charge on any atom is -0.465 e. The summed E-state index contributed by atoms with van der Waals surface area (Å²) in [5.74, 6) is -2.85. The van der Waals surface area contributed by atoms with Crippen molar-refractivity contribution in [1.82, 2.24) is 9.80 Å². The van der Waals surface area contributed by atoms with Gasteiger partial charge < -0.3 is 24.4 Å². The Bertz CT molecular complexity index is 822. The number of carbonyl (C=O) groups is 3. The zero-order valence-corrected chi connectivity index (χ0v) is 17.9. The van der Waals surface area contributed by atoms with Crippen LogP contribution in [0.25, 0.3) is 0 Å². The second-order valence-electron chi connectivity index (χ2n) is 9.12. The third-order valence-electron chi connectivity index (χ3n) is 6.85. The number of aliphatic hydroxyl groups is 1. The Labute approximate surface area is 176 Å². The Morgan fingerprint density at radius 2 is 1.87 bits per heavy atom. The van der Waals surface area contributed by atoms with Crippen molar-refractivity contribution in [2.45, 2.75) is 63.4 Å². The smallest absolute Gasteiger partial charge is 0.313 e. The molecule has 4 aliphatic rings. The van der Waals surface area contributed by atoms with E-state index in [-0.39, 0.29) is 31.1 Å². The standard InChI is InChI=1S/C22H30N2O6/c1-13(2)23-10-7-9-22-15(18(26)24(14(3)12-25)17(22)19(23)27)16-20(28)29-11-6-5-8-21(16,4)30-22/h5,7-9,13-17,25H,6,10-12H2,1-4H3/t14-,15+,16-,17?,21+,22+/m1/s1. The van der Waals surface area contributed by atoms with Crippen LogP contribution in [0.2, 0.25) is 0 Å². The highest BCUT2D eigenvalue weighted by molar-refractivity contribution is 5.99. The molecule has 2 saturated heterocycles. The van der Waals surface area contributed by atoms with Crippen molar-refractivity contribution in [2.24, 2.45) is 11.8 Å². The van der Waals surface area contributed by atoms with E-state index in [0.29, 0.717) is 13.0 Å². The molecule has 0 aromatic rings. The number of hydrogen-bond donors (Lipinski definition) is 1. The Balaban J connectivity index is 1.91. The van der Waals surface area contributed by atoms with Crippen LogP contribution in [0.5, 0.6) is 0 Å². The lowest BCUT2D eigenvalue weighted by Gasteiger charge is -2.40. The molecule has 1 N–H and O–H groups in total. The second-order valence-corrected chi connectivity index (χ2v) is 9.12. The van der Waals surface area contributed by atoms with Crippen LogP contribution in [0.15, 0.2) is 24.3 Å². The maximum atomic E-state index is 13.7. The summed E-state index contributed by atoms with van der Waals surface area (Å²) in [5.41, 5.74) is -2.36. The van der Waals surface area contributed by atoms with Gasteiger partial charge in [-0.15, -0.1) is 0 Å². The number of carbonyl (C=O) groups excluding carboxylic acids is 3. The fraction of sp³-hybridized carbons (Fsp3) is 0.682. The van der Waals surface area contributed by atoms with Gasteiger partial charge in [-0.3, -0.25) is 14.4 Å². The molecule has 0 aliphatic carbocycles. The van der Waals surface area contributed by atoms with E-state index >= 15 is 0 Å². The minimum atomic E-state index is -1.30. The maximum absolute atomic E-state index is 13.7. The van der Waals surface area contributed by atoms with Gasteiger partial charge >= 0.3 is 5.97 Å². The Morgan fingerprint density at radius 1 is 1.13 bits per heavy atom. The van der Waals surface area contributed by atoms with Crippen LogP contribution in [0.4, 0.5) is 0 Å². The molecule has 2 fully saturated rings. The van der Waals surface area contributed by atoms with Gasteiger partial charge in [-0.1, -0.05) is 24.3 Å². The van der Waals surface area contributed by atoms with Crippen molar-refractivity contribution in [3.8, 4) is 0 Å². The number of aliphatic hydroxyl groups excluding tert-OH is 1. The topological polar surface area (TPSA) is 96.4 Å². The highest BCUT2D eigenvalue weighted by atomic mass is 16.6. The summed E-state index contributed by atoms with van der Waals surface area (Å²) in [6.45, 7) is 7.65. The van der Waals surface area contributed by atoms with Crippen molar-refractivity contribution >= 4 is 17.8 Å². The number of cyclic esters (lactones) is 1. The van der Waals surface area contributed by atoms with Gasteiger partial charge in [-0.25, -0.2) is 0 Å². The molecule has 0 bridgehead atoms. The molecular formula is C22H30N2O6. The summed E-state index contributed by atoms with van der Waals surface area (Å²) in [4.78, 5) is 43.6. The molecule has 4 aliphatic heterocycles. The maximum Gasteiger partial charge on any atom is 0.313 e.